The van der Waals surface area contributed by atoms with Gasteiger partial charge in [0.15, 0.2) is 5.78 Å². The maximum Gasteiger partial charge on any atom is 0.416 e. The van der Waals surface area contributed by atoms with E-state index in [9.17, 15) is 22.8 Å². The number of carbonyl (C=O) groups is 2. The van der Waals surface area contributed by atoms with Crippen LogP contribution in [0.15, 0.2) is 48.5 Å². The van der Waals surface area contributed by atoms with Crippen LogP contribution in [-0.2, 0) is 16.7 Å². The number of hydrogen-bond acceptors (Lipinski definition) is 4. The van der Waals surface area contributed by atoms with Gasteiger partial charge in [-0.1, -0.05) is 18.2 Å². The van der Waals surface area contributed by atoms with E-state index in [2.05, 4.69) is 0 Å². The van der Waals surface area contributed by atoms with Gasteiger partial charge in [-0.05, 0) is 42.0 Å². The third-order valence-corrected chi connectivity index (χ3v) is 4.66. The molecule has 0 saturated heterocycles. The Morgan fingerprint density at radius 1 is 1.18 bits per heavy atom. The number of halogens is 3. The third-order valence-electron chi connectivity index (χ3n) is 3.69. The van der Waals surface area contributed by atoms with Crippen LogP contribution in [0.4, 0.5) is 13.2 Å². The van der Waals surface area contributed by atoms with E-state index in [1.165, 1.54) is 31.4 Å². The molecule has 0 aliphatic rings. The molecular formula is C20H17F3O4S. The Morgan fingerprint density at radius 3 is 2.57 bits per heavy atom. The highest BCUT2D eigenvalue weighted by molar-refractivity contribution is 7.99. The van der Waals surface area contributed by atoms with Gasteiger partial charge < -0.3 is 9.84 Å². The fourth-order valence-electron chi connectivity index (χ4n) is 2.38. The predicted octanol–water partition coefficient (Wildman–Crippen LogP) is 4.93. The lowest BCUT2D eigenvalue weighted by Gasteiger charge is -2.09. The molecule has 0 unspecified atom stereocenters. The molecule has 0 amide bonds. The monoisotopic (exact) mass is 410 g/mol. The van der Waals surface area contributed by atoms with Crippen molar-refractivity contribution in [2.45, 2.75) is 11.9 Å². The lowest BCUT2D eigenvalue weighted by atomic mass is 10.0. The molecule has 8 heteroatoms. The highest BCUT2D eigenvalue weighted by Crippen LogP contribution is 2.30. The van der Waals surface area contributed by atoms with Gasteiger partial charge in [-0.2, -0.15) is 13.2 Å². The molecule has 0 radical (unpaired) electrons. The molecule has 1 N–H and O–H groups in total. The summed E-state index contributed by atoms with van der Waals surface area (Å²) in [5, 5.41) is 8.72. The smallest absolute Gasteiger partial charge is 0.416 e. The van der Waals surface area contributed by atoms with Crippen LogP contribution in [0, 0.1) is 0 Å². The third kappa shape index (κ3) is 6.16. The average Bonchev–Trinajstić information content (AvgIpc) is 2.65. The minimum absolute atomic E-state index is 0.0865. The first-order valence-electron chi connectivity index (χ1n) is 8.07. The van der Waals surface area contributed by atoms with Crippen LogP contribution in [0.1, 0.15) is 27.0 Å². The van der Waals surface area contributed by atoms with Crippen LogP contribution < -0.4 is 4.74 Å². The van der Waals surface area contributed by atoms with E-state index in [0.29, 0.717) is 22.6 Å². The molecule has 0 heterocycles. The first-order chi connectivity index (χ1) is 13.2. The average molecular weight is 410 g/mol. The predicted molar refractivity (Wildman–Crippen MR) is 102 cm³/mol. The van der Waals surface area contributed by atoms with Crippen LogP contribution in [-0.4, -0.2) is 29.7 Å². The minimum Gasteiger partial charge on any atom is -0.496 e. The molecule has 2 aromatic rings. The summed E-state index contributed by atoms with van der Waals surface area (Å²) in [4.78, 5) is 23.0. The lowest BCUT2D eigenvalue weighted by molar-refractivity contribution is -0.137. The fourth-order valence-corrected chi connectivity index (χ4v) is 3.10. The second kappa shape index (κ2) is 9.45. The van der Waals surface area contributed by atoms with Gasteiger partial charge in [0.1, 0.15) is 5.75 Å². The maximum atomic E-state index is 12.8. The van der Waals surface area contributed by atoms with Gasteiger partial charge in [-0.25, -0.2) is 0 Å². The summed E-state index contributed by atoms with van der Waals surface area (Å²) in [6, 6.07) is 9.41. The van der Waals surface area contributed by atoms with E-state index in [0.717, 1.165) is 23.9 Å². The minimum atomic E-state index is -4.45. The first-order valence-corrected chi connectivity index (χ1v) is 9.22. The quantitative estimate of drug-likeness (QED) is 0.494. The molecule has 0 aromatic heterocycles. The fraction of sp³-hybridized carbons (Fsp3) is 0.200. The number of ether oxygens (including phenoxy) is 1. The summed E-state index contributed by atoms with van der Waals surface area (Å²) in [6.07, 6.45) is -1.93. The SMILES string of the molecule is COc1ccc(C(=O)/C=C/c2cccc(C(F)(F)F)c2)cc1CSCC(=O)O. The number of carboxylic acid groups (broad SMARTS) is 1. The molecule has 0 spiro atoms. The number of rotatable bonds is 8. The number of carbonyl (C=O) groups excluding carboxylic acids is 1. The number of allylic oxidation sites excluding steroid dienone is 1. The van der Waals surface area contributed by atoms with E-state index in [-0.39, 0.29) is 17.1 Å². The number of ketones is 1. The van der Waals surface area contributed by atoms with Crippen LogP contribution >= 0.6 is 11.8 Å². The van der Waals surface area contributed by atoms with Crippen molar-refractivity contribution >= 4 is 29.6 Å². The molecule has 2 rings (SSSR count). The van der Waals surface area contributed by atoms with Gasteiger partial charge >= 0.3 is 12.1 Å². The number of carboxylic acids is 1. The van der Waals surface area contributed by atoms with Crippen LogP contribution in [0.3, 0.4) is 0 Å². The van der Waals surface area contributed by atoms with Gasteiger partial charge in [0.25, 0.3) is 0 Å². The zero-order chi connectivity index (χ0) is 20.7. The van der Waals surface area contributed by atoms with E-state index in [1.54, 1.807) is 18.2 Å². The summed E-state index contributed by atoms with van der Waals surface area (Å²) in [6.45, 7) is 0. The van der Waals surface area contributed by atoms with Crippen molar-refractivity contribution in [1.82, 2.24) is 0 Å². The molecule has 0 fully saturated rings. The number of alkyl halides is 3. The van der Waals surface area contributed by atoms with Gasteiger partial charge in [0.05, 0.1) is 18.4 Å². The largest absolute Gasteiger partial charge is 0.496 e. The molecule has 0 saturated carbocycles. The van der Waals surface area contributed by atoms with Crippen molar-refractivity contribution in [2.75, 3.05) is 12.9 Å². The molecule has 0 aliphatic heterocycles. The molecule has 148 valence electrons. The second-order valence-electron chi connectivity index (χ2n) is 5.73. The van der Waals surface area contributed by atoms with Gasteiger partial charge in [0, 0.05) is 16.9 Å². The molecular weight excluding hydrogens is 393 g/mol. The van der Waals surface area contributed by atoms with Crippen molar-refractivity contribution in [3.8, 4) is 5.75 Å². The highest BCUT2D eigenvalue weighted by atomic mass is 32.2. The zero-order valence-electron chi connectivity index (χ0n) is 14.8. The summed E-state index contributed by atoms with van der Waals surface area (Å²) in [5.41, 5.74) is 0.459. The van der Waals surface area contributed by atoms with Crippen molar-refractivity contribution < 1.29 is 32.6 Å². The van der Waals surface area contributed by atoms with E-state index < -0.39 is 17.7 Å². The van der Waals surface area contributed by atoms with Crippen molar-refractivity contribution in [3.63, 3.8) is 0 Å². The standard InChI is InChI=1S/C20H17F3O4S/c1-27-18-8-6-14(10-15(18)11-28-12-19(25)26)17(24)7-5-13-3-2-4-16(9-13)20(21,22)23/h2-10H,11-12H2,1H3,(H,25,26)/b7-5+. The van der Waals surface area contributed by atoms with Gasteiger partial charge in [-0.3, -0.25) is 9.59 Å². The maximum absolute atomic E-state index is 12.8. The normalized spacial score (nSPS) is 11.6. The number of aliphatic carboxylic acids is 1. The van der Waals surface area contributed by atoms with E-state index >= 15 is 0 Å². The van der Waals surface area contributed by atoms with Gasteiger partial charge in [-0.15, -0.1) is 11.8 Å². The summed E-state index contributed by atoms with van der Waals surface area (Å²) in [7, 11) is 1.47. The molecule has 4 nitrogen and oxygen atoms in total. The van der Waals surface area contributed by atoms with Crippen molar-refractivity contribution in [1.29, 1.82) is 0 Å². The van der Waals surface area contributed by atoms with Crippen LogP contribution in [0.25, 0.3) is 6.08 Å². The zero-order valence-corrected chi connectivity index (χ0v) is 15.6. The molecule has 0 bridgehead atoms. The van der Waals surface area contributed by atoms with E-state index in [1.807, 2.05) is 0 Å². The highest BCUT2D eigenvalue weighted by Gasteiger charge is 2.30. The molecule has 28 heavy (non-hydrogen) atoms. The topological polar surface area (TPSA) is 63.6 Å². The lowest BCUT2D eigenvalue weighted by Crippen LogP contribution is -2.04. The number of hydrogen-bond donors (Lipinski definition) is 1. The van der Waals surface area contributed by atoms with E-state index in [4.69, 9.17) is 9.84 Å². The Hall–Kier alpha value is -2.74. The van der Waals surface area contributed by atoms with Crippen molar-refractivity contribution in [2.24, 2.45) is 0 Å². The Balaban J connectivity index is 2.17. The number of thioether (sulfide) groups is 1. The van der Waals surface area contributed by atoms with Gasteiger partial charge in [0.2, 0.25) is 0 Å². The number of benzene rings is 2. The molecule has 0 atom stereocenters. The first kappa shape index (κ1) is 21.6. The Kier molecular flexibility index (Phi) is 7.28. The Bertz CT molecular complexity index is 891. The summed E-state index contributed by atoms with van der Waals surface area (Å²) < 4.78 is 43.5. The van der Waals surface area contributed by atoms with Crippen LogP contribution in [0.5, 0.6) is 5.75 Å². The van der Waals surface area contributed by atoms with Crippen LogP contribution in [0.2, 0.25) is 0 Å². The second-order valence-corrected chi connectivity index (χ2v) is 6.72. The Labute approximate surface area is 164 Å². The summed E-state index contributed by atoms with van der Waals surface area (Å²) >= 11 is 1.16. The van der Waals surface area contributed by atoms with Crippen molar-refractivity contribution in [3.05, 3.63) is 70.8 Å². The Morgan fingerprint density at radius 2 is 1.93 bits per heavy atom. The molecule has 0 aliphatic carbocycles. The summed E-state index contributed by atoms with van der Waals surface area (Å²) in [5.74, 6) is -0.550. The number of methoxy groups -OCH3 is 1. The molecule has 2 aromatic carbocycles.